The SMILES string of the molecule is CCN(CC1CCC1)C1CCCC(NC)(C(=O)OC)C1. The van der Waals surface area contributed by atoms with Crippen molar-refractivity contribution in [3.05, 3.63) is 0 Å². The highest BCUT2D eigenvalue weighted by Gasteiger charge is 2.44. The van der Waals surface area contributed by atoms with Crippen molar-refractivity contribution in [3.63, 3.8) is 0 Å². The minimum atomic E-state index is -0.468. The fraction of sp³-hybridized carbons (Fsp3) is 0.938. The zero-order valence-corrected chi connectivity index (χ0v) is 13.3. The van der Waals surface area contributed by atoms with E-state index in [1.807, 2.05) is 7.05 Å². The molecule has 0 bridgehead atoms. The average Bonchev–Trinajstić information content (AvgIpc) is 2.45. The Labute approximate surface area is 123 Å². The molecule has 0 amide bonds. The summed E-state index contributed by atoms with van der Waals surface area (Å²) in [5.74, 6) is 0.795. The van der Waals surface area contributed by atoms with Gasteiger partial charge in [-0.25, -0.2) is 0 Å². The van der Waals surface area contributed by atoms with Gasteiger partial charge in [0.15, 0.2) is 0 Å². The van der Waals surface area contributed by atoms with Gasteiger partial charge in [-0.2, -0.15) is 0 Å². The van der Waals surface area contributed by atoms with Crippen LogP contribution in [0.5, 0.6) is 0 Å². The second kappa shape index (κ2) is 6.90. The molecular formula is C16H30N2O2. The third kappa shape index (κ3) is 3.17. The summed E-state index contributed by atoms with van der Waals surface area (Å²) in [7, 11) is 3.39. The topological polar surface area (TPSA) is 41.6 Å². The van der Waals surface area contributed by atoms with Gasteiger partial charge in [0.1, 0.15) is 5.54 Å². The predicted octanol–water partition coefficient (Wildman–Crippen LogP) is 2.18. The van der Waals surface area contributed by atoms with Crippen LogP contribution in [0.3, 0.4) is 0 Å². The zero-order valence-electron chi connectivity index (χ0n) is 13.3. The molecule has 2 fully saturated rings. The number of esters is 1. The van der Waals surface area contributed by atoms with Gasteiger partial charge >= 0.3 is 5.97 Å². The minimum absolute atomic E-state index is 0.0932. The maximum absolute atomic E-state index is 12.2. The second-order valence-electron chi connectivity index (χ2n) is 6.46. The van der Waals surface area contributed by atoms with Gasteiger partial charge in [0, 0.05) is 12.6 Å². The molecule has 4 nitrogen and oxygen atoms in total. The molecule has 116 valence electrons. The summed E-state index contributed by atoms with van der Waals surface area (Å²) in [6, 6.07) is 0.515. The fourth-order valence-corrected chi connectivity index (χ4v) is 3.81. The van der Waals surface area contributed by atoms with Crippen LogP contribution < -0.4 is 5.32 Å². The largest absolute Gasteiger partial charge is 0.468 e. The van der Waals surface area contributed by atoms with Crippen molar-refractivity contribution < 1.29 is 9.53 Å². The van der Waals surface area contributed by atoms with Crippen LogP contribution in [0.15, 0.2) is 0 Å². The summed E-state index contributed by atoms with van der Waals surface area (Å²) in [5, 5.41) is 3.26. The van der Waals surface area contributed by atoms with Crippen molar-refractivity contribution in [1.29, 1.82) is 0 Å². The van der Waals surface area contributed by atoms with Crippen LogP contribution in [0, 0.1) is 5.92 Å². The molecule has 2 saturated carbocycles. The lowest BCUT2D eigenvalue weighted by atomic mass is 9.77. The van der Waals surface area contributed by atoms with Crippen LogP contribution in [0.1, 0.15) is 51.9 Å². The normalized spacial score (nSPS) is 31.1. The molecule has 2 aliphatic carbocycles. The van der Waals surface area contributed by atoms with Crippen molar-refractivity contribution in [2.24, 2.45) is 5.92 Å². The highest BCUT2D eigenvalue weighted by Crippen LogP contribution is 2.34. The third-order valence-corrected chi connectivity index (χ3v) is 5.42. The molecule has 2 rings (SSSR count). The van der Waals surface area contributed by atoms with E-state index < -0.39 is 5.54 Å². The van der Waals surface area contributed by atoms with Gasteiger partial charge in [0.05, 0.1) is 7.11 Å². The summed E-state index contributed by atoms with van der Waals surface area (Å²) >= 11 is 0. The lowest BCUT2D eigenvalue weighted by Gasteiger charge is -2.44. The van der Waals surface area contributed by atoms with E-state index in [0.717, 1.165) is 31.7 Å². The van der Waals surface area contributed by atoms with Gasteiger partial charge in [0.25, 0.3) is 0 Å². The molecule has 1 N–H and O–H groups in total. The Hall–Kier alpha value is -0.610. The van der Waals surface area contributed by atoms with Crippen LogP contribution >= 0.6 is 0 Å². The summed E-state index contributed by atoms with van der Waals surface area (Å²) in [4.78, 5) is 14.8. The summed E-state index contributed by atoms with van der Waals surface area (Å²) < 4.78 is 5.04. The van der Waals surface area contributed by atoms with E-state index in [1.165, 1.54) is 39.3 Å². The smallest absolute Gasteiger partial charge is 0.326 e. The first-order chi connectivity index (χ1) is 9.65. The first-order valence-corrected chi connectivity index (χ1v) is 8.16. The van der Waals surface area contributed by atoms with Gasteiger partial charge in [0.2, 0.25) is 0 Å². The van der Waals surface area contributed by atoms with Crippen molar-refractivity contribution >= 4 is 5.97 Å². The second-order valence-corrected chi connectivity index (χ2v) is 6.46. The monoisotopic (exact) mass is 282 g/mol. The van der Waals surface area contributed by atoms with Crippen LogP contribution in [-0.4, -0.2) is 49.7 Å². The number of carbonyl (C=O) groups is 1. The maximum atomic E-state index is 12.2. The number of ether oxygens (including phenoxy) is 1. The van der Waals surface area contributed by atoms with Crippen LogP contribution in [0.4, 0.5) is 0 Å². The first kappa shape index (κ1) is 15.8. The van der Waals surface area contributed by atoms with E-state index in [9.17, 15) is 4.79 Å². The lowest BCUT2D eigenvalue weighted by molar-refractivity contribution is -0.151. The van der Waals surface area contributed by atoms with E-state index in [0.29, 0.717) is 6.04 Å². The molecular weight excluding hydrogens is 252 g/mol. The standard InChI is InChI=1S/C16H30N2O2/c1-4-18(12-13-7-5-8-13)14-9-6-10-16(11-14,17-2)15(19)20-3/h13-14,17H,4-12H2,1-3H3. The number of likely N-dealkylation sites (N-methyl/N-ethyl adjacent to an activating group) is 1. The van der Waals surface area contributed by atoms with Crippen molar-refractivity contribution in [1.82, 2.24) is 10.2 Å². The van der Waals surface area contributed by atoms with E-state index in [4.69, 9.17) is 4.74 Å². The van der Waals surface area contributed by atoms with Crippen molar-refractivity contribution in [2.75, 3.05) is 27.2 Å². The van der Waals surface area contributed by atoms with Crippen LogP contribution in [0.25, 0.3) is 0 Å². The van der Waals surface area contributed by atoms with Crippen molar-refractivity contribution in [3.8, 4) is 0 Å². The number of hydrogen-bond donors (Lipinski definition) is 1. The zero-order chi connectivity index (χ0) is 14.6. The van der Waals surface area contributed by atoms with Crippen LogP contribution in [-0.2, 0) is 9.53 Å². The molecule has 0 saturated heterocycles. The highest BCUT2D eigenvalue weighted by atomic mass is 16.5. The number of nitrogens with one attached hydrogen (secondary N) is 1. The van der Waals surface area contributed by atoms with Gasteiger partial charge in [-0.05, 0) is 58.0 Å². The fourth-order valence-electron chi connectivity index (χ4n) is 3.81. The van der Waals surface area contributed by atoms with Gasteiger partial charge in [-0.15, -0.1) is 0 Å². The van der Waals surface area contributed by atoms with Gasteiger partial charge in [-0.1, -0.05) is 13.3 Å². The van der Waals surface area contributed by atoms with Crippen molar-refractivity contribution in [2.45, 2.75) is 63.5 Å². The molecule has 0 aromatic heterocycles. The Morgan fingerprint density at radius 3 is 2.60 bits per heavy atom. The summed E-state index contributed by atoms with van der Waals surface area (Å²) in [5.41, 5.74) is -0.468. The number of hydrogen-bond acceptors (Lipinski definition) is 4. The quantitative estimate of drug-likeness (QED) is 0.758. The molecule has 0 heterocycles. The summed E-state index contributed by atoms with van der Waals surface area (Å²) in [6.45, 7) is 4.54. The molecule has 0 radical (unpaired) electrons. The molecule has 2 atom stereocenters. The average molecular weight is 282 g/mol. The predicted molar refractivity (Wildman–Crippen MR) is 80.7 cm³/mol. The number of methoxy groups -OCH3 is 1. The Kier molecular flexibility index (Phi) is 5.44. The lowest BCUT2D eigenvalue weighted by Crippen LogP contribution is -2.58. The molecule has 0 aromatic rings. The first-order valence-electron chi connectivity index (χ1n) is 8.16. The number of nitrogens with zero attached hydrogens (tertiary/aromatic N) is 1. The Morgan fingerprint density at radius 1 is 1.35 bits per heavy atom. The molecule has 4 heteroatoms. The van der Waals surface area contributed by atoms with E-state index in [1.54, 1.807) is 0 Å². The minimum Gasteiger partial charge on any atom is -0.468 e. The molecule has 0 aliphatic heterocycles. The molecule has 2 aliphatic rings. The number of carbonyl (C=O) groups excluding carboxylic acids is 1. The third-order valence-electron chi connectivity index (χ3n) is 5.42. The molecule has 2 unspecified atom stereocenters. The van der Waals surface area contributed by atoms with Gasteiger partial charge in [-0.3, -0.25) is 4.79 Å². The van der Waals surface area contributed by atoms with Crippen LogP contribution in [0.2, 0.25) is 0 Å². The molecule has 20 heavy (non-hydrogen) atoms. The van der Waals surface area contributed by atoms with E-state index in [-0.39, 0.29) is 5.97 Å². The maximum Gasteiger partial charge on any atom is 0.326 e. The van der Waals surface area contributed by atoms with Gasteiger partial charge < -0.3 is 15.0 Å². The Bertz CT molecular complexity index is 330. The van der Waals surface area contributed by atoms with E-state index >= 15 is 0 Å². The van der Waals surface area contributed by atoms with E-state index in [2.05, 4.69) is 17.1 Å². The highest BCUT2D eigenvalue weighted by molar-refractivity contribution is 5.81. The molecule has 0 spiro atoms. The Balaban J connectivity index is 2.01. The Morgan fingerprint density at radius 2 is 2.10 bits per heavy atom. The number of rotatable bonds is 6. The molecule has 0 aromatic carbocycles. The summed E-state index contributed by atoms with van der Waals surface area (Å²) in [6.07, 6.45) is 8.26.